The molecule has 1 aromatic carbocycles. The fourth-order valence-electron chi connectivity index (χ4n) is 3.47. The highest BCUT2D eigenvalue weighted by atomic mass is 35.5. The van der Waals surface area contributed by atoms with Gasteiger partial charge in [-0.3, -0.25) is 9.59 Å². The highest BCUT2D eigenvalue weighted by Gasteiger charge is 2.20. The molecule has 0 unspecified atom stereocenters. The number of amides is 1. The van der Waals surface area contributed by atoms with E-state index in [-0.39, 0.29) is 18.0 Å². The first-order chi connectivity index (χ1) is 13.8. The summed E-state index contributed by atoms with van der Waals surface area (Å²) >= 11 is 7.34. The van der Waals surface area contributed by atoms with Crippen LogP contribution in [0.2, 0.25) is 5.02 Å². The molecule has 0 atom stereocenters. The minimum atomic E-state index is -0.179. The molecule has 3 aromatic heterocycles. The normalized spacial score (nSPS) is 11.2. The third-order valence-corrected chi connectivity index (χ3v) is 6.00. The monoisotopic (exact) mass is 426 g/mol. The summed E-state index contributed by atoms with van der Waals surface area (Å²) < 4.78 is 2.61. The Bertz CT molecular complexity index is 1270. The second-order valence-corrected chi connectivity index (χ2v) is 8.26. The van der Waals surface area contributed by atoms with Crippen LogP contribution in [-0.4, -0.2) is 32.4 Å². The van der Waals surface area contributed by atoms with Gasteiger partial charge in [-0.25, -0.2) is 4.98 Å². The average Bonchev–Trinajstić information content (AvgIpc) is 3.27. The molecule has 0 saturated carbocycles. The number of carbonyl (C=O) groups excluding carboxylic acids is 1. The standard InChI is InChI=1S/C21H19ClN4O2S/c1-12-10-16(13(2)26(12)15-6-4-14(22)5-7-15)21(28)25(3)11-18-23-17-8-9-29-19(17)20(27)24-18/h4-10H,11H2,1-3H3,(H,23,24,27). The van der Waals surface area contributed by atoms with Gasteiger partial charge in [-0.1, -0.05) is 11.6 Å². The summed E-state index contributed by atoms with van der Waals surface area (Å²) in [4.78, 5) is 34.0. The topological polar surface area (TPSA) is 71.0 Å². The highest BCUT2D eigenvalue weighted by Crippen LogP contribution is 2.23. The largest absolute Gasteiger partial charge is 0.334 e. The van der Waals surface area contributed by atoms with Crippen molar-refractivity contribution >= 4 is 39.1 Å². The number of aryl methyl sites for hydroxylation is 1. The second-order valence-electron chi connectivity index (χ2n) is 6.91. The maximum Gasteiger partial charge on any atom is 0.268 e. The van der Waals surface area contributed by atoms with Crippen molar-refractivity contribution in [1.29, 1.82) is 0 Å². The Morgan fingerprint density at radius 2 is 1.97 bits per heavy atom. The van der Waals surface area contributed by atoms with E-state index in [1.807, 2.05) is 54.1 Å². The summed E-state index contributed by atoms with van der Waals surface area (Å²) in [6.45, 7) is 4.09. The Labute approximate surface area is 176 Å². The number of thiophene rings is 1. The number of carbonyl (C=O) groups is 1. The van der Waals surface area contributed by atoms with Crippen LogP contribution in [0.1, 0.15) is 27.6 Å². The van der Waals surface area contributed by atoms with Crippen LogP contribution in [0.4, 0.5) is 0 Å². The lowest BCUT2D eigenvalue weighted by atomic mass is 10.2. The Hall–Kier alpha value is -2.90. The van der Waals surface area contributed by atoms with Crippen molar-refractivity contribution in [3.63, 3.8) is 0 Å². The molecule has 0 aliphatic rings. The maximum atomic E-state index is 13.1. The molecule has 3 heterocycles. The second kappa shape index (κ2) is 7.50. The number of nitrogens with zero attached hydrogens (tertiary/aromatic N) is 3. The van der Waals surface area contributed by atoms with E-state index in [1.165, 1.54) is 11.3 Å². The van der Waals surface area contributed by atoms with E-state index in [0.717, 1.165) is 17.1 Å². The minimum Gasteiger partial charge on any atom is -0.334 e. The molecule has 0 aliphatic carbocycles. The van der Waals surface area contributed by atoms with Gasteiger partial charge in [0.15, 0.2) is 0 Å². The molecule has 148 valence electrons. The molecule has 0 saturated heterocycles. The number of hydrogen-bond donors (Lipinski definition) is 1. The molecule has 0 bridgehead atoms. The van der Waals surface area contributed by atoms with Crippen molar-refractivity contribution in [2.75, 3.05) is 7.05 Å². The van der Waals surface area contributed by atoms with Crippen LogP contribution in [0.3, 0.4) is 0 Å². The lowest BCUT2D eigenvalue weighted by molar-refractivity contribution is 0.0781. The summed E-state index contributed by atoms with van der Waals surface area (Å²) in [5, 5.41) is 2.49. The molecule has 29 heavy (non-hydrogen) atoms. The molecule has 4 rings (SSSR count). The van der Waals surface area contributed by atoms with E-state index < -0.39 is 0 Å². The minimum absolute atomic E-state index is 0.133. The first-order valence-electron chi connectivity index (χ1n) is 9.02. The molecule has 4 aromatic rings. The predicted molar refractivity (Wildman–Crippen MR) is 116 cm³/mol. The van der Waals surface area contributed by atoms with E-state index in [2.05, 4.69) is 9.97 Å². The predicted octanol–water partition coefficient (Wildman–Crippen LogP) is 4.32. The first-order valence-corrected chi connectivity index (χ1v) is 10.3. The highest BCUT2D eigenvalue weighted by molar-refractivity contribution is 7.17. The number of aromatic amines is 1. The number of rotatable bonds is 4. The van der Waals surface area contributed by atoms with Gasteiger partial charge >= 0.3 is 0 Å². The van der Waals surface area contributed by atoms with Gasteiger partial charge in [0, 0.05) is 29.1 Å². The third kappa shape index (κ3) is 3.59. The summed E-state index contributed by atoms with van der Waals surface area (Å²) in [7, 11) is 1.70. The van der Waals surface area contributed by atoms with Crippen molar-refractivity contribution in [3.8, 4) is 5.69 Å². The lowest BCUT2D eigenvalue weighted by Gasteiger charge is -2.17. The summed E-state index contributed by atoms with van der Waals surface area (Å²) in [6, 6.07) is 11.2. The zero-order valence-electron chi connectivity index (χ0n) is 16.2. The van der Waals surface area contributed by atoms with Crippen molar-refractivity contribution in [1.82, 2.24) is 19.4 Å². The summed E-state index contributed by atoms with van der Waals surface area (Å²) in [6.07, 6.45) is 0. The van der Waals surface area contributed by atoms with E-state index in [4.69, 9.17) is 11.6 Å². The van der Waals surface area contributed by atoms with Crippen LogP contribution in [0, 0.1) is 13.8 Å². The first kappa shape index (κ1) is 19.4. The Morgan fingerprint density at radius 3 is 2.69 bits per heavy atom. The van der Waals surface area contributed by atoms with Gasteiger partial charge < -0.3 is 14.5 Å². The van der Waals surface area contributed by atoms with Gasteiger partial charge in [-0.2, -0.15) is 0 Å². The van der Waals surface area contributed by atoms with Gasteiger partial charge in [-0.05, 0) is 55.6 Å². The number of H-pyrrole nitrogens is 1. The van der Waals surface area contributed by atoms with Crippen molar-refractivity contribution in [2.24, 2.45) is 0 Å². The SMILES string of the molecule is Cc1cc(C(=O)N(C)Cc2nc3ccsc3c(=O)[nH]2)c(C)n1-c1ccc(Cl)cc1. The average molecular weight is 427 g/mol. The van der Waals surface area contributed by atoms with Crippen LogP contribution >= 0.6 is 22.9 Å². The van der Waals surface area contributed by atoms with Crippen LogP contribution in [0.25, 0.3) is 15.9 Å². The van der Waals surface area contributed by atoms with Gasteiger partial charge in [-0.15, -0.1) is 11.3 Å². The number of nitrogens with one attached hydrogen (secondary N) is 1. The molecular formula is C21H19ClN4O2S. The van der Waals surface area contributed by atoms with E-state index in [1.54, 1.807) is 18.0 Å². The lowest BCUT2D eigenvalue weighted by Crippen LogP contribution is -2.28. The quantitative estimate of drug-likeness (QED) is 0.528. The fourth-order valence-corrected chi connectivity index (χ4v) is 4.32. The number of halogens is 1. The Balaban J connectivity index is 1.62. The molecule has 0 fully saturated rings. The number of hydrogen-bond acceptors (Lipinski definition) is 4. The van der Waals surface area contributed by atoms with E-state index >= 15 is 0 Å². The number of aromatic nitrogens is 3. The van der Waals surface area contributed by atoms with Gasteiger partial charge in [0.2, 0.25) is 0 Å². The fraction of sp³-hybridized carbons (Fsp3) is 0.190. The van der Waals surface area contributed by atoms with Gasteiger partial charge in [0.25, 0.3) is 11.5 Å². The molecule has 0 aliphatic heterocycles. The Kier molecular flexibility index (Phi) is 5.02. The van der Waals surface area contributed by atoms with Crippen LogP contribution < -0.4 is 5.56 Å². The molecule has 6 nitrogen and oxygen atoms in total. The van der Waals surface area contributed by atoms with Crippen LogP contribution in [-0.2, 0) is 6.54 Å². The number of benzene rings is 1. The Morgan fingerprint density at radius 1 is 1.24 bits per heavy atom. The maximum absolute atomic E-state index is 13.1. The van der Waals surface area contributed by atoms with Crippen LogP contribution in [0.5, 0.6) is 0 Å². The molecule has 1 N–H and O–H groups in total. The smallest absolute Gasteiger partial charge is 0.268 e. The van der Waals surface area contributed by atoms with Crippen molar-refractivity contribution in [2.45, 2.75) is 20.4 Å². The van der Waals surface area contributed by atoms with Gasteiger partial charge in [0.05, 0.1) is 17.6 Å². The van der Waals surface area contributed by atoms with Crippen molar-refractivity contribution < 1.29 is 4.79 Å². The number of fused-ring (bicyclic) bond motifs is 1. The molecule has 0 radical (unpaired) electrons. The third-order valence-electron chi connectivity index (χ3n) is 4.84. The molecule has 8 heteroatoms. The van der Waals surface area contributed by atoms with Gasteiger partial charge in [0.1, 0.15) is 10.5 Å². The zero-order chi connectivity index (χ0) is 20.7. The van der Waals surface area contributed by atoms with Crippen molar-refractivity contribution in [3.05, 3.63) is 79.9 Å². The summed E-state index contributed by atoms with van der Waals surface area (Å²) in [5.41, 5.74) is 3.82. The van der Waals surface area contributed by atoms with Crippen LogP contribution in [0.15, 0.2) is 46.6 Å². The molecule has 0 spiro atoms. The van der Waals surface area contributed by atoms with E-state index in [0.29, 0.717) is 26.6 Å². The van der Waals surface area contributed by atoms with E-state index in [9.17, 15) is 9.59 Å². The zero-order valence-corrected chi connectivity index (χ0v) is 17.8. The summed E-state index contributed by atoms with van der Waals surface area (Å²) in [5.74, 6) is 0.328. The molecular weight excluding hydrogens is 408 g/mol. The molecule has 1 amide bonds.